The molecule has 1 atom stereocenters. The van der Waals surface area contributed by atoms with Crippen molar-refractivity contribution in [2.45, 2.75) is 19.9 Å². The summed E-state index contributed by atoms with van der Waals surface area (Å²) < 4.78 is 15.9. The molecule has 31 heavy (non-hydrogen) atoms. The van der Waals surface area contributed by atoms with Crippen molar-refractivity contribution in [3.05, 3.63) is 64.7 Å². The molecule has 1 aliphatic heterocycles. The van der Waals surface area contributed by atoms with Crippen LogP contribution in [0.2, 0.25) is 0 Å². The van der Waals surface area contributed by atoms with E-state index >= 15 is 0 Å². The molecule has 3 rings (SSSR count). The molecule has 2 aromatic carbocycles. The lowest BCUT2D eigenvalue weighted by Crippen LogP contribution is -2.32. The van der Waals surface area contributed by atoms with E-state index in [0.717, 1.165) is 5.56 Å². The largest absolute Gasteiger partial charge is 0.507 e. The number of ether oxygens (including phenoxy) is 3. The third-order valence-corrected chi connectivity index (χ3v) is 5.25. The Morgan fingerprint density at radius 3 is 2.39 bits per heavy atom. The second kappa shape index (κ2) is 9.66. The molecule has 1 saturated heterocycles. The van der Waals surface area contributed by atoms with E-state index in [0.29, 0.717) is 29.2 Å². The Bertz CT molecular complexity index is 996. The minimum absolute atomic E-state index is 0.0508. The van der Waals surface area contributed by atoms with Gasteiger partial charge in [0.2, 0.25) is 0 Å². The highest BCUT2D eigenvalue weighted by Crippen LogP contribution is 2.40. The number of hydrogen-bond donors (Lipinski definition) is 1. The molecule has 0 unspecified atom stereocenters. The summed E-state index contributed by atoms with van der Waals surface area (Å²) >= 11 is 0. The molecule has 0 radical (unpaired) electrons. The Labute approximate surface area is 181 Å². The third kappa shape index (κ3) is 4.41. The summed E-state index contributed by atoms with van der Waals surface area (Å²) in [6, 6.07) is 11.6. The summed E-state index contributed by atoms with van der Waals surface area (Å²) in [5, 5.41) is 11.1. The zero-order valence-electron chi connectivity index (χ0n) is 18.2. The highest BCUT2D eigenvalue weighted by atomic mass is 16.5. The molecule has 0 spiro atoms. The van der Waals surface area contributed by atoms with Crippen molar-refractivity contribution in [3.63, 3.8) is 0 Å². The Morgan fingerprint density at radius 1 is 1.10 bits per heavy atom. The van der Waals surface area contributed by atoms with Gasteiger partial charge >= 0.3 is 0 Å². The van der Waals surface area contributed by atoms with Gasteiger partial charge in [0.25, 0.3) is 11.7 Å². The predicted molar refractivity (Wildman–Crippen MR) is 116 cm³/mol. The van der Waals surface area contributed by atoms with Gasteiger partial charge in [-0.2, -0.15) is 0 Å². The molecule has 1 aliphatic rings. The maximum atomic E-state index is 13.0. The van der Waals surface area contributed by atoms with Crippen LogP contribution in [0.3, 0.4) is 0 Å². The number of Topliss-reactive ketones (excluding diaryl/α,β-unsaturated/α-hetero) is 1. The van der Waals surface area contributed by atoms with Gasteiger partial charge in [0.05, 0.1) is 31.9 Å². The molecule has 0 saturated carbocycles. The third-order valence-electron chi connectivity index (χ3n) is 5.25. The fourth-order valence-corrected chi connectivity index (χ4v) is 3.74. The maximum Gasteiger partial charge on any atom is 0.295 e. The van der Waals surface area contributed by atoms with Crippen molar-refractivity contribution in [3.8, 4) is 11.5 Å². The fraction of sp³-hybridized carbons (Fsp3) is 0.333. The minimum Gasteiger partial charge on any atom is -0.507 e. The Morgan fingerprint density at radius 2 is 1.81 bits per heavy atom. The van der Waals surface area contributed by atoms with Crippen LogP contribution in [0.1, 0.15) is 29.7 Å². The number of carbonyl (C=O) groups is 2. The Hall–Kier alpha value is -3.32. The zero-order chi connectivity index (χ0) is 22.5. The lowest BCUT2D eigenvalue weighted by atomic mass is 9.94. The maximum absolute atomic E-state index is 13.0. The number of amides is 1. The normalized spacial score (nSPS) is 17.8. The summed E-state index contributed by atoms with van der Waals surface area (Å²) in [6.07, 6.45) is 0. The smallest absolute Gasteiger partial charge is 0.295 e. The van der Waals surface area contributed by atoms with Crippen molar-refractivity contribution in [1.82, 2.24) is 4.90 Å². The highest BCUT2D eigenvalue weighted by molar-refractivity contribution is 6.46. The summed E-state index contributed by atoms with van der Waals surface area (Å²) in [4.78, 5) is 27.2. The van der Waals surface area contributed by atoms with Crippen molar-refractivity contribution in [2.75, 3.05) is 34.0 Å². The van der Waals surface area contributed by atoms with Crippen LogP contribution in [0.5, 0.6) is 11.5 Å². The van der Waals surface area contributed by atoms with Gasteiger partial charge in [-0.3, -0.25) is 9.59 Å². The number of carbonyl (C=O) groups excluding carboxylic acids is 2. The molecule has 2 aromatic rings. The quantitative estimate of drug-likeness (QED) is 0.396. The van der Waals surface area contributed by atoms with Crippen molar-refractivity contribution < 1.29 is 28.9 Å². The number of aryl methyl sites for hydroxylation is 1. The number of ketones is 1. The first kappa shape index (κ1) is 22.4. The number of aliphatic hydroxyl groups excluding tert-OH is 1. The lowest BCUT2D eigenvalue weighted by Gasteiger charge is -2.25. The first-order chi connectivity index (χ1) is 14.9. The van der Waals surface area contributed by atoms with E-state index in [1.165, 1.54) is 12.0 Å². The molecule has 164 valence electrons. The van der Waals surface area contributed by atoms with Gasteiger partial charge in [0.15, 0.2) is 0 Å². The van der Waals surface area contributed by atoms with E-state index in [1.807, 2.05) is 13.8 Å². The van der Waals surface area contributed by atoms with Crippen LogP contribution in [0.25, 0.3) is 5.76 Å². The fourth-order valence-electron chi connectivity index (χ4n) is 3.74. The van der Waals surface area contributed by atoms with E-state index in [-0.39, 0.29) is 24.5 Å². The summed E-state index contributed by atoms with van der Waals surface area (Å²) in [6.45, 7) is 4.75. The van der Waals surface area contributed by atoms with E-state index in [2.05, 4.69) is 0 Å². The molecule has 0 aliphatic carbocycles. The monoisotopic (exact) mass is 425 g/mol. The second-order valence-corrected chi connectivity index (χ2v) is 7.17. The van der Waals surface area contributed by atoms with Crippen LogP contribution < -0.4 is 9.47 Å². The zero-order valence-corrected chi connectivity index (χ0v) is 18.2. The number of rotatable bonds is 8. The highest BCUT2D eigenvalue weighted by Gasteiger charge is 2.45. The van der Waals surface area contributed by atoms with Gasteiger partial charge in [0, 0.05) is 19.2 Å². The number of aliphatic hydroxyl groups is 1. The molecule has 1 heterocycles. The average Bonchev–Trinajstić information content (AvgIpc) is 3.02. The number of methoxy groups -OCH3 is 2. The molecule has 1 fully saturated rings. The summed E-state index contributed by atoms with van der Waals surface area (Å²) in [5.74, 6) is -0.252. The molecule has 0 aromatic heterocycles. The standard InChI is InChI=1S/C24H27NO6/c1-5-31-18-9-6-16(7-10-18)21-20(23(27)24(28)25(21)12-13-29-3)22(26)17-8-11-19(30-4)15(2)14-17/h6-11,14,21,26H,5,12-13H2,1-4H3/b22-20+/t21-/m1/s1. The van der Waals surface area contributed by atoms with Gasteiger partial charge in [0.1, 0.15) is 17.3 Å². The van der Waals surface area contributed by atoms with Crippen LogP contribution in [0, 0.1) is 6.92 Å². The summed E-state index contributed by atoms with van der Waals surface area (Å²) in [5.41, 5.74) is 2.00. The van der Waals surface area contributed by atoms with Gasteiger partial charge in [-0.25, -0.2) is 0 Å². The number of likely N-dealkylation sites (tertiary alicyclic amines) is 1. The Balaban J connectivity index is 2.12. The van der Waals surface area contributed by atoms with Crippen molar-refractivity contribution >= 4 is 17.4 Å². The van der Waals surface area contributed by atoms with E-state index in [1.54, 1.807) is 49.6 Å². The van der Waals surface area contributed by atoms with Crippen LogP contribution in [-0.2, 0) is 14.3 Å². The second-order valence-electron chi connectivity index (χ2n) is 7.17. The van der Waals surface area contributed by atoms with Gasteiger partial charge in [-0.1, -0.05) is 12.1 Å². The number of hydrogen-bond acceptors (Lipinski definition) is 6. The van der Waals surface area contributed by atoms with Gasteiger partial charge in [-0.15, -0.1) is 0 Å². The summed E-state index contributed by atoms with van der Waals surface area (Å²) in [7, 11) is 3.09. The molecular weight excluding hydrogens is 398 g/mol. The predicted octanol–water partition coefficient (Wildman–Crippen LogP) is 3.47. The minimum atomic E-state index is -0.728. The average molecular weight is 425 g/mol. The van der Waals surface area contributed by atoms with E-state index in [9.17, 15) is 14.7 Å². The topological polar surface area (TPSA) is 85.3 Å². The van der Waals surface area contributed by atoms with E-state index < -0.39 is 17.7 Å². The van der Waals surface area contributed by atoms with Crippen molar-refractivity contribution in [2.24, 2.45) is 0 Å². The first-order valence-corrected chi connectivity index (χ1v) is 10.1. The van der Waals surface area contributed by atoms with Crippen LogP contribution >= 0.6 is 0 Å². The van der Waals surface area contributed by atoms with Gasteiger partial charge in [-0.05, 0) is 55.3 Å². The molecule has 7 nitrogen and oxygen atoms in total. The van der Waals surface area contributed by atoms with Crippen molar-refractivity contribution in [1.29, 1.82) is 0 Å². The first-order valence-electron chi connectivity index (χ1n) is 10.1. The number of benzene rings is 2. The van der Waals surface area contributed by atoms with E-state index in [4.69, 9.17) is 14.2 Å². The Kier molecular flexibility index (Phi) is 6.97. The molecule has 1 N–H and O–H groups in total. The van der Waals surface area contributed by atoms with Crippen LogP contribution in [0.15, 0.2) is 48.0 Å². The number of nitrogens with zero attached hydrogens (tertiary/aromatic N) is 1. The molecule has 0 bridgehead atoms. The SMILES string of the molecule is CCOc1ccc([C@@H]2/C(=C(\O)c3ccc(OC)c(C)c3)C(=O)C(=O)N2CCOC)cc1. The molecular formula is C24H27NO6. The van der Waals surface area contributed by atoms with Gasteiger partial charge < -0.3 is 24.2 Å². The lowest BCUT2D eigenvalue weighted by molar-refractivity contribution is -0.140. The van der Waals surface area contributed by atoms with Crippen LogP contribution in [0.4, 0.5) is 0 Å². The molecule has 1 amide bonds. The molecule has 7 heteroatoms. The van der Waals surface area contributed by atoms with Crippen LogP contribution in [-0.4, -0.2) is 55.7 Å².